The summed E-state index contributed by atoms with van der Waals surface area (Å²) in [6.45, 7) is 5.14. The van der Waals surface area contributed by atoms with Crippen molar-refractivity contribution in [2.75, 3.05) is 6.54 Å². The number of thiophene rings is 1. The lowest BCUT2D eigenvalue weighted by molar-refractivity contribution is -0.189. The molecule has 0 radical (unpaired) electrons. The Balaban J connectivity index is 2.35. The lowest BCUT2D eigenvalue weighted by Crippen LogP contribution is -2.51. The van der Waals surface area contributed by atoms with Crippen LogP contribution in [0.15, 0.2) is 12.1 Å². The van der Waals surface area contributed by atoms with Crippen LogP contribution in [0.3, 0.4) is 0 Å². The van der Waals surface area contributed by atoms with E-state index >= 15 is 0 Å². The number of carbonyl (C=O) groups is 2. The van der Waals surface area contributed by atoms with Gasteiger partial charge in [-0.2, -0.15) is 13.2 Å². The summed E-state index contributed by atoms with van der Waals surface area (Å²) in [6, 6.07) is 2.09. The zero-order valence-electron chi connectivity index (χ0n) is 15.9. The van der Waals surface area contributed by atoms with Crippen LogP contribution in [-0.4, -0.2) is 35.5 Å². The summed E-state index contributed by atoms with van der Waals surface area (Å²) >= 11 is 1.25. The zero-order chi connectivity index (χ0) is 20.2. The Kier molecular flexibility index (Phi) is 7.31. The number of alkyl halides is 3. The van der Waals surface area contributed by atoms with Crippen LogP contribution in [0.1, 0.15) is 61.7 Å². The van der Waals surface area contributed by atoms with Crippen molar-refractivity contribution in [3.05, 3.63) is 21.9 Å². The van der Waals surface area contributed by atoms with Crippen LogP contribution in [-0.2, 0) is 9.59 Å². The van der Waals surface area contributed by atoms with Gasteiger partial charge in [0.2, 0.25) is 5.91 Å². The maximum atomic E-state index is 13.2. The molecule has 1 unspecified atom stereocenters. The fourth-order valence-corrected chi connectivity index (χ4v) is 4.40. The van der Waals surface area contributed by atoms with Gasteiger partial charge in [0.15, 0.2) is 0 Å². The minimum Gasteiger partial charge on any atom is -0.351 e. The normalized spacial score (nSPS) is 17.0. The third kappa shape index (κ3) is 5.96. The number of hydrogen-bond acceptors (Lipinski definition) is 3. The molecule has 1 aromatic heterocycles. The maximum absolute atomic E-state index is 13.2. The first-order chi connectivity index (χ1) is 12.6. The van der Waals surface area contributed by atoms with E-state index < -0.39 is 24.0 Å². The predicted molar refractivity (Wildman–Crippen MR) is 99.4 cm³/mol. The van der Waals surface area contributed by atoms with Gasteiger partial charge in [0.05, 0.1) is 0 Å². The lowest BCUT2D eigenvalue weighted by Gasteiger charge is -2.34. The van der Waals surface area contributed by atoms with E-state index in [9.17, 15) is 22.8 Å². The third-order valence-corrected chi connectivity index (χ3v) is 5.66. The number of nitrogens with one attached hydrogen (secondary N) is 1. The fourth-order valence-electron chi connectivity index (χ4n) is 3.41. The van der Waals surface area contributed by atoms with Crippen molar-refractivity contribution >= 4 is 23.2 Å². The molecular formula is C19H27F3N2O2S. The predicted octanol–water partition coefficient (Wildman–Crippen LogP) is 4.59. The molecule has 4 nitrogen and oxygen atoms in total. The van der Waals surface area contributed by atoms with E-state index in [1.165, 1.54) is 11.3 Å². The van der Waals surface area contributed by atoms with Gasteiger partial charge < -0.3 is 10.2 Å². The number of nitrogens with zero attached hydrogens (tertiary/aromatic N) is 1. The van der Waals surface area contributed by atoms with E-state index in [-0.39, 0.29) is 18.5 Å². The number of halogens is 3. The average molecular weight is 404 g/mol. The Labute approximate surface area is 162 Å². The van der Waals surface area contributed by atoms with Crippen molar-refractivity contribution in [2.45, 2.75) is 71.1 Å². The first kappa shape index (κ1) is 21.7. The zero-order valence-corrected chi connectivity index (χ0v) is 16.8. The van der Waals surface area contributed by atoms with Gasteiger partial charge in [-0.05, 0) is 37.8 Å². The summed E-state index contributed by atoms with van der Waals surface area (Å²) in [5.74, 6) is -2.70. The third-order valence-electron chi connectivity index (χ3n) is 4.61. The van der Waals surface area contributed by atoms with Crippen LogP contribution in [0.2, 0.25) is 0 Å². The van der Waals surface area contributed by atoms with Crippen molar-refractivity contribution < 1.29 is 22.8 Å². The summed E-state index contributed by atoms with van der Waals surface area (Å²) in [6.07, 6.45) is -0.301. The minimum absolute atomic E-state index is 0.0447. The van der Waals surface area contributed by atoms with E-state index in [1.54, 1.807) is 26.0 Å². The lowest BCUT2D eigenvalue weighted by atomic mass is 9.95. The summed E-state index contributed by atoms with van der Waals surface area (Å²) in [4.78, 5) is 27.2. The Bertz CT molecular complexity index is 652. The second-order valence-corrected chi connectivity index (χ2v) is 8.86. The second-order valence-electron chi connectivity index (χ2n) is 7.54. The quantitative estimate of drug-likeness (QED) is 0.754. The van der Waals surface area contributed by atoms with E-state index in [0.717, 1.165) is 37.0 Å². The first-order valence-corrected chi connectivity index (χ1v) is 10.2. The maximum Gasteiger partial charge on any atom is 0.471 e. The van der Waals surface area contributed by atoms with E-state index in [1.807, 2.05) is 6.92 Å². The van der Waals surface area contributed by atoms with Crippen LogP contribution in [0, 0.1) is 12.8 Å². The topological polar surface area (TPSA) is 49.4 Å². The molecule has 27 heavy (non-hydrogen) atoms. The van der Waals surface area contributed by atoms with Crippen molar-refractivity contribution in [3.63, 3.8) is 0 Å². The van der Waals surface area contributed by atoms with Gasteiger partial charge in [-0.25, -0.2) is 0 Å². The molecule has 0 aromatic carbocycles. The molecule has 1 aliphatic rings. The summed E-state index contributed by atoms with van der Waals surface area (Å²) < 4.78 is 39.7. The molecule has 1 heterocycles. The molecule has 0 spiro atoms. The van der Waals surface area contributed by atoms with Crippen LogP contribution in [0.4, 0.5) is 13.2 Å². The Morgan fingerprint density at radius 3 is 2.33 bits per heavy atom. The standard InChI is InChI=1S/C19H27F3N2O2S/c1-12(2)11-24(18(26)19(20,21)22)16(15-10-9-13(3)27-15)17(25)23-14-7-5-4-6-8-14/h9-10,12,14,16H,4-8,11H2,1-3H3,(H,23,25). The molecule has 0 bridgehead atoms. The van der Waals surface area contributed by atoms with Crippen LogP contribution >= 0.6 is 11.3 Å². The molecule has 0 aliphatic heterocycles. The molecule has 2 rings (SSSR count). The molecule has 8 heteroatoms. The molecule has 1 aliphatic carbocycles. The Hall–Kier alpha value is -1.57. The molecule has 1 saturated carbocycles. The van der Waals surface area contributed by atoms with Crippen molar-refractivity contribution in [1.29, 1.82) is 0 Å². The van der Waals surface area contributed by atoms with E-state index in [2.05, 4.69) is 5.32 Å². The number of hydrogen-bond donors (Lipinski definition) is 1. The first-order valence-electron chi connectivity index (χ1n) is 9.34. The number of carbonyl (C=O) groups excluding carboxylic acids is 2. The fraction of sp³-hybridized carbons (Fsp3) is 0.684. The van der Waals surface area contributed by atoms with Gasteiger partial charge >= 0.3 is 12.1 Å². The van der Waals surface area contributed by atoms with Crippen molar-refractivity contribution in [1.82, 2.24) is 10.2 Å². The number of amides is 2. The molecule has 1 atom stereocenters. The highest BCUT2D eigenvalue weighted by molar-refractivity contribution is 7.12. The smallest absolute Gasteiger partial charge is 0.351 e. The van der Waals surface area contributed by atoms with Gasteiger partial charge in [0.25, 0.3) is 0 Å². The van der Waals surface area contributed by atoms with Crippen LogP contribution < -0.4 is 5.32 Å². The SMILES string of the molecule is Cc1ccc(C(C(=O)NC2CCCCC2)N(CC(C)C)C(=O)C(F)(F)F)s1. The van der Waals surface area contributed by atoms with Gasteiger partial charge in [-0.3, -0.25) is 9.59 Å². The van der Waals surface area contributed by atoms with E-state index in [0.29, 0.717) is 9.78 Å². The van der Waals surface area contributed by atoms with Crippen molar-refractivity contribution in [2.24, 2.45) is 5.92 Å². The highest BCUT2D eigenvalue weighted by Gasteiger charge is 2.47. The summed E-state index contributed by atoms with van der Waals surface area (Å²) in [7, 11) is 0. The monoisotopic (exact) mass is 404 g/mol. The second kappa shape index (κ2) is 9.08. The van der Waals surface area contributed by atoms with Crippen LogP contribution in [0.25, 0.3) is 0 Å². The molecule has 1 N–H and O–H groups in total. The van der Waals surface area contributed by atoms with Crippen LogP contribution in [0.5, 0.6) is 0 Å². The van der Waals surface area contributed by atoms with Gasteiger partial charge in [-0.1, -0.05) is 33.1 Å². The molecule has 1 fully saturated rings. The van der Waals surface area contributed by atoms with Gasteiger partial charge in [0, 0.05) is 22.3 Å². The molecule has 0 saturated heterocycles. The number of rotatable bonds is 6. The molecule has 2 amide bonds. The van der Waals surface area contributed by atoms with Gasteiger partial charge in [0.1, 0.15) is 6.04 Å². The molecular weight excluding hydrogens is 377 g/mol. The largest absolute Gasteiger partial charge is 0.471 e. The van der Waals surface area contributed by atoms with E-state index in [4.69, 9.17) is 0 Å². The Morgan fingerprint density at radius 2 is 1.85 bits per heavy atom. The summed E-state index contributed by atoms with van der Waals surface area (Å²) in [5.41, 5.74) is 0. The minimum atomic E-state index is -5.02. The molecule has 1 aromatic rings. The summed E-state index contributed by atoms with van der Waals surface area (Å²) in [5, 5.41) is 2.89. The molecule has 152 valence electrons. The van der Waals surface area contributed by atoms with Crippen molar-refractivity contribution in [3.8, 4) is 0 Å². The Morgan fingerprint density at radius 1 is 1.22 bits per heavy atom. The van der Waals surface area contributed by atoms with Gasteiger partial charge in [-0.15, -0.1) is 11.3 Å². The highest BCUT2D eigenvalue weighted by Crippen LogP contribution is 2.32. The average Bonchev–Trinajstić information content (AvgIpc) is 2.99. The number of aryl methyl sites for hydroxylation is 1. The highest BCUT2D eigenvalue weighted by atomic mass is 32.1.